The zero-order valence-electron chi connectivity index (χ0n) is 14.1. The van der Waals surface area contributed by atoms with Gasteiger partial charge in [-0.15, -0.1) is 23.5 Å². The van der Waals surface area contributed by atoms with Gasteiger partial charge in [0.25, 0.3) is 0 Å². The number of thioether (sulfide) groups is 3. The van der Waals surface area contributed by atoms with E-state index in [2.05, 4.69) is 48.5 Å². The van der Waals surface area contributed by atoms with Crippen LogP contribution in [0.4, 0.5) is 0 Å². The molecule has 0 radical (unpaired) electrons. The highest BCUT2D eigenvalue weighted by atomic mass is 32.2. The van der Waals surface area contributed by atoms with Crippen LogP contribution < -0.4 is 14.2 Å². The quantitative estimate of drug-likeness (QED) is 0.479. The Kier molecular flexibility index (Phi) is 3.77. The van der Waals surface area contributed by atoms with E-state index in [0.29, 0.717) is 11.4 Å². The molecule has 0 saturated heterocycles. The van der Waals surface area contributed by atoms with E-state index >= 15 is 0 Å². The number of fused-ring (bicyclic) bond motifs is 3. The standard InChI is InChI=1S/C21H14O3S3/c1-2-4-18-17(3-1)26-21(27-18)13-6-8-15-19(10-13)25-20(24-15)12-5-7-14-16(9-12)23-11-22-14/h1-10,20-21H,11H2. The Morgan fingerprint density at radius 1 is 0.667 bits per heavy atom. The van der Waals surface area contributed by atoms with Gasteiger partial charge in [0, 0.05) is 15.4 Å². The van der Waals surface area contributed by atoms with Gasteiger partial charge in [0.1, 0.15) is 5.75 Å². The van der Waals surface area contributed by atoms with Crippen molar-refractivity contribution in [2.45, 2.75) is 24.7 Å². The van der Waals surface area contributed by atoms with Crippen molar-refractivity contribution in [3.8, 4) is 17.2 Å². The molecule has 3 aliphatic rings. The highest BCUT2D eigenvalue weighted by molar-refractivity contribution is 8.19. The van der Waals surface area contributed by atoms with Crippen LogP contribution in [0.5, 0.6) is 17.2 Å². The number of benzene rings is 3. The lowest BCUT2D eigenvalue weighted by Crippen LogP contribution is -1.97. The van der Waals surface area contributed by atoms with E-state index in [9.17, 15) is 0 Å². The van der Waals surface area contributed by atoms with Gasteiger partial charge in [-0.25, -0.2) is 0 Å². The average Bonchev–Trinajstić information content (AvgIpc) is 3.42. The molecule has 1 atom stereocenters. The molecule has 0 N–H and O–H groups in total. The fraction of sp³-hybridized carbons (Fsp3) is 0.143. The van der Waals surface area contributed by atoms with Crippen molar-refractivity contribution in [3.63, 3.8) is 0 Å². The van der Waals surface area contributed by atoms with Gasteiger partial charge in [-0.05, 0) is 42.0 Å². The summed E-state index contributed by atoms with van der Waals surface area (Å²) in [6, 6.07) is 21.2. The fourth-order valence-corrected chi connectivity index (χ4v) is 7.26. The third-order valence-electron chi connectivity index (χ3n) is 4.69. The van der Waals surface area contributed by atoms with E-state index < -0.39 is 0 Å². The van der Waals surface area contributed by atoms with Crippen molar-refractivity contribution in [2.24, 2.45) is 0 Å². The molecule has 0 amide bonds. The van der Waals surface area contributed by atoms with Gasteiger partial charge in [-0.1, -0.05) is 36.0 Å². The molecule has 0 saturated carbocycles. The minimum absolute atomic E-state index is 0.0502. The summed E-state index contributed by atoms with van der Waals surface area (Å²) in [5.74, 6) is 2.55. The number of ether oxygens (including phenoxy) is 3. The molecule has 3 aromatic carbocycles. The Bertz CT molecular complexity index is 1030. The second-order valence-corrected chi connectivity index (χ2v) is 10.1. The zero-order chi connectivity index (χ0) is 17.8. The van der Waals surface area contributed by atoms with Crippen molar-refractivity contribution in [1.82, 2.24) is 0 Å². The zero-order valence-corrected chi connectivity index (χ0v) is 16.5. The van der Waals surface area contributed by atoms with Crippen LogP contribution in [-0.2, 0) is 0 Å². The molecule has 0 fully saturated rings. The molecule has 1 unspecified atom stereocenters. The molecule has 6 rings (SSSR count). The van der Waals surface area contributed by atoms with Crippen molar-refractivity contribution in [3.05, 3.63) is 71.8 Å². The van der Waals surface area contributed by atoms with E-state index in [0.717, 1.165) is 22.8 Å². The molecule has 0 bridgehead atoms. The van der Waals surface area contributed by atoms with Crippen molar-refractivity contribution < 1.29 is 14.2 Å². The molecule has 0 aliphatic carbocycles. The van der Waals surface area contributed by atoms with Crippen LogP contribution in [0.3, 0.4) is 0 Å². The Morgan fingerprint density at radius 2 is 1.41 bits per heavy atom. The van der Waals surface area contributed by atoms with Crippen molar-refractivity contribution >= 4 is 35.3 Å². The maximum absolute atomic E-state index is 6.19. The fourth-order valence-electron chi connectivity index (χ4n) is 3.35. The van der Waals surface area contributed by atoms with Gasteiger partial charge >= 0.3 is 0 Å². The lowest BCUT2D eigenvalue weighted by Gasteiger charge is -2.10. The minimum atomic E-state index is -0.0502. The molecule has 3 nitrogen and oxygen atoms in total. The van der Waals surface area contributed by atoms with Crippen molar-refractivity contribution in [2.75, 3.05) is 6.79 Å². The first-order chi connectivity index (χ1) is 13.3. The second-order valence-electron chi connectivity index (χ2n) is 6.40. The summed E-state index contributed by atoms with van der Waals surface area (Å²) >= 11 is 5.61. The largest absolute Gasteiger partial charge is 0.473 e. The maximum Gasteiger partial charge on any atom is 0.231 e. The summed E-state index contributed by atoms with van der Waals surface area (Å²) in [5, 5.41) is 0. The van der Waals surface area contributed by atoms with E-state index in [1.54, 1.807) is 11.8 Å². The second kappa shape index (κ2) is 6.33. The number of hydrogen-bond donors (Lipinski definition) is 0. The Labute approximate surface area is 169 Å². The molecular formula is C21H14O3S3. The molecule has 0 aromatic heterocycles. The van der Waals surface area contributed by atoms with Gasteiger partial charge in [-0.3, -0.25) is 0 Å². The molecule has 134 valence electrons. The van der Waals surface area contributed by atoms with Crippen LogP contribution in [0.25, 0.3) is 0 Å². The first-order valence-corrected chi connectivity index (χ1v) is 11.3. The van der Waals surface area contributed by atoms with Gasteiger partial charge < -0.3 is 14.2 Å². The minimum Gasteiger partial charge on any atom is -0.473 e. The lowest BCUT2D eigenvalue weighted by molar-refractivity contribution is 0.174. The Hall–Kier alpha value is -1.89. The molecule has 3 heterocycles. The van der Waals surface area contributed by atoms with E-state index in [-0.39, 0.29) is 5.44 Å². The van der Waals surface area contributed by atoms with Crippen LogP contribution in [-0.4, -0.2) is 6.79 Å². The molecule has 6 heteroatoms. The normalized spacial score (nSPS) is 19.6. The summed E-state index contributed by atoms with van der Waals surface area (Å²) < 4.78 is 17.5. The third-order valence-corrected chi connectivity index (χ3v) is 8.75. The summed E-state index contributed by atoms with van der Waals surface area (Å²) in [7, 11) is 0. The third kappa shape index (κ3) is 2.78. The summed E-state index contributed by atoms with van der Waals surface area (Å²) in [6.45, 7) is 0.292. The average molecular weight is 411 g/mol. The monoisotopic (exact) mass is 410 g/mol. The SMILES string of the molecule is c1ccc2c(c1)SC(c1ccc3c(c1)SC(c1ccc4c(c1)OCO4)O3)S2. The van der Waals surface area contributed by atoms with E-state index in [1.807, 2.05) is 35.7 Å². The molecular weight excluding hydrogens is 396 g/mol. The van der Waals surface area contributed by atoms with Crippen LogP contribution >= 0.6 is 35.3 Å². The predicted molar refractivity (Wildman–Crippen MR) is 109 cm³/mol. The van der Waals surface area contributed by atoms with E-state index in [4.69, 9.17) is 14.2 Å². The first-order valence-electron chi connectivity index (χ1n) is 8.63. The van der Waals surface area contributed by atoms with E-state index in [1.165, 1.54) is 20.2 Å². The van der Waals surface area contributed by atoms with Gasteiger partial charge in [-0.2, -0.15) is 0 Å². The number of hydrogen-bond acceptors (Lipinski definition) is 6. The molecule has 3 aromatic rings. The Morgan fingerprint density at radius 3 is 2.26 bits per heavy atom. The van der Waals surface area contributed by atoms with Crippen LogP contribution in [0.1, 0.15) is 21.1 Å². The maximum atomic E-state index is 6.19. The van der Waals surface area contributed by atoms with Crippen LogP contribution in [0.2, 0.25) is 0 Å². The number of rotatable bonds is 2. The molecule has 3 aliphatic heterocycles. The van der Waals surface area contributed by atoms with Crippen LogP contribution in [0, 0.1) is 0 Å². The lowest BCUT2D eigenvalue weighted by atomic mass is 10.2. The highest BCUT2D eigenvalue weighted by Crippen LogP contribution is 2.58. The van der Waals surface area contributed by atoms with Gasteiger partial charge in [0.15, 0.2) is 16.9 Å². The molecule has 0 spiro atoms. The summed E-state index contributed by atoms with van der Waals surface area (Å²) in [5.41, 5.74) is 2.38. The van der Waals surface area contributed by atoms with Crippen LogP contribution in [0.15, 0.2) is 75.4 Å². The molecule has 27 heavy (non-hydrogen) atoms. The topological polar surface area (TPSA) is 27.7 Å². The van der Waals surface area contributed by atoms with Crippen molar-refractivity contribution in [1.29, 1.82) is 0 Å². The predicted octanol–water partition coefficient (Wildman–Crippen LogP) is 6.50. The summed E-state index contributed by atoms with van der Waals surface area (Å²) in [4.78, 5) is 3.94. The first kappa shape index (κ1) is 16.1. The smallest absolute Gasteiger partial charge is 0.231 e. The van der Waals surface area contributed by atoms with Gasteiger partial charge in [0.2, 0.25) is 6.79 Å². The highest BCUT2D eigenvalue weighted by Gasteiger charge is 2.30. The Balaban J connectivity index is 1.25. The summed E-state index contributed by atoms with van der Waals surface area (Å²) in [6.07, 6.45) is 0. The van der Waals surface area contributed by atoms with Gasteiger partial charge in [0.05, 0.1) is 9.48 Å².